The predicted octanol–water partition coefficient (Wildman–Crippen LogP) is 6.33. The van der Waals surface area contributed by atoms with Crippen LogP contribution in [0.15, 0.2) is 73.1 Å². The molecular formula is C32H40F3N5O4S. The average molecular weight is 648 g/mol. The number of benzene rings is 2. The molecule has 0 fully saturated rings. The highest BCUT2D eigenvalue weighted by Crippen LogP contribution is 2.33. The summed E-state index contributed by atoms with van der Waals surface area (Å²) in [7, 11) is 1.32. The van der Waals surface area contributed by atoms with Gasteiger partial charge in [-0.05, 0) is 49.1 Å². The van der Waals surface area contributed by atoms with Crippen molar-refractivity contribution in [1.82, 2.24) is 15.6 Å². The number of nitrogens with zero attached hydrogens (tertiary/aromatic N) is 2. The molecule has 0 aliphatic carbocycles. The second-order valence-electron chi connectivity index (χ2n) is 10.5. The number of nitrogens with two attached hydrogens (primary N) is 1. The maximum absolute atomic E-state index is 14.1. The van der Waals surface area contributed by atoms with Crippen molar-refractivity contribution < 1.29 is 32.0 Å². The summed E-state index contributed by atoms with van der Waals surface area (Å²) in [6.45, 7) is 4.39. The Morgan fingerprint density at radius 2 is 1.69 bits per heavy atom. The summed E-state index contributed by atoms with van der Waals surface area (Å²) < 4.78 is 48.9. The number of amides is 2. The smallest absolute Gasteiger partial charge is 0.347 e. The molecule has 13 heteroatoms. The summed E-state index contributed by atoms with van der Waals surface area (Å²) in [5.74, 6) is -1.54. The molecule has 2 aromatic carbocycles. The van der Waals surface area contributed by atoms with Crippen molar-refractivity contribution in [2.24, 2.45) is 5.73 Å². The number of alkyl halides is 3. The predicted molar refractivity (Wildman–Crippen MR) is 169 cm³/mol. The highest BCUT2D eigenvalue weighted by molar-refractivity contribution is 7.96. The second kappa shape index (κ2) is 17.7. The van der Waals surface area contributed by atoms with Gasteiger partial charge in [0.15, 0.2) is 18.3 Å². The lowest BCUT2D eigenvalue weighted by molar-refractivity contribution is -0.160. The number of pyridine rings is 1. The van der Waals surface area contributed by atoms with Crippen LogP contribution in [-0.2, 0) is 15.6 Å². The summed E-state index contributed by atoms with van der Waals surface area (Å²) in [6.07, 6.45) is 1.22. The van der Waals surface area contributed by atoms with Crippen LogP contribution in [0.2, 0.25) is 0 Å². The van der Waals surface area contributed by atoms with Gasteiger partial charge in [0.05, 0.1) is 12.8 Å². The third-order valence-corrected chi connectivity index (χ3v) is 7.76. The summed E-state index contributed by atoms with van der Waals surface area (Å²) in [5, 5.41) is 5.10. The molecule has 1 unspecified atom stereocenters. The summed E-state index contributed by atoms with van der Waals surface area (Å²) in [5.41, 5.74) is 7.59. The molecule has 2 amide bonds. The third kappa shape index (κ3) is 11.0. The Balaban J connectivity index is 2.00. The van der Waals surface area contributed by atoms with Crippen LogP contribution in [0.4, 0.5) is 18.9 Å². The average Bonchev–Trinajstić information content (AvgIpc) is 3.04. The quantitative estimate of drug-likeness (QED) is 0.0673. The van der Waals surface area contributed by atoms with E-state index in [1.54, 1.807) is 10.4 Å². The molecule has 0 saturated heterocycles. The number of aromatic nitrogens is 1. The third-order valence-electron chi connectivity index (χ3n) is 6.99. The van der Waals surface area contributed by atoms with Gasteiger partial charge in [0.25, 0.3) is 11.8 Å². The first kappa shape index (κ1) is 35.8. The maximum Gasteiger partial charge on any atom is 0.412 e. The molecule has 9 nitrogen and oxygen atoms in total. The zero-order chi connectivity index (χ0) is 32.8. The van der Waals surface area contributed by atoms with Gasteiger partial charge in [0.1, 0.15) is 0 Å². The van der Waals surface area contributed by atoms with Crippen LogP contribution in [-0.4, -0.2) is 48.7 Å². The number of halogens is 3. The van der Waals surface area contributed by atoms with Crippen molar-refractivity contribution in [3.05, 3.63) is 95.3 Å². The lowest BCUT2D eigenvalue weighted by atomic mass is 9.95. The molecule has 0 aliphatic rings. The van der Waals surface area contributed by atoms with Crippen molar-refractivity contribution in [2.75, 3.05) is 18.0 Å². The van der Waals surface area contributed by atoms with Gasteiger partial charge >= 0.3 is 6.18 Å². The van der Waals surface area contributed by atoms with Gasteiger partial charge in [-0.2, -0.15) is 13.2 Å². The number of rotatable bonds is 17. The second-order valence-corrected chi connectivity index (χ2v) is 11.2. The first-order valence-electron chi connectivity index (χ1n) is 14.7. The molecule has 1 heterocycles. The van der Waals surface area contributed by atoms with E-state index in [1.807, 2.05) is 37.3 Å². The molecule has 3 rings (SSSR count). The summed E-state index contributed by atoms with van der Waals surface area (Å²) in [4.78, 5) is 35.7. The van der Waals surface area contributed by atoms with E-state index in [1.165, 1.54) is 37.6 Å². The summed E-state index contributed by atoms with van der Waals surface area (Å²) >= 11 is 0.824. The van der Waals surface area contributed by atoms with E-state index in [4.69, 9.17) is 15.0 Å². The minimum absolute atomic E-state index is 0.0717. The molecule has 0 saturated carbocycles. The molecule has 0 aliphatic heterocycles. The van der Waals surface area contributed by atoms with E-state index in [0.717, 1.165) is 36.8 Å². The normalized spacial score (nSPS) is 13.5. The molecule has 0 bridgehead atoms. The Hall–Kier alpha value is -3.65. The molecule has 3 atom stereocenters. The molecule has 0 spiro atoms. The Kier molecular flexibility index (Phi) is 14.1. The van der Waals surface area contributed by atoms with Crippen molar-refractivity contribution in [2.45, 2.75) is 70.3 Å². The molecule has 244 valence electrons. The minimum atomic E-state index is -4.80. The van der Waals surface area contributed by atoms with Crippen LogP contribution < -0.4 is 20.7 Å². The summed E-state index contributed by atoms with van der Waals surface area (Å²) in [6, 6.07) is 13.3. The van der Waals surface area contributed by atoms with Crippen LogP contribution in [0.5, 0.6) is 0 Å². The number of hydrogen-bond donors (Lipinski definition) is 3. The lowest BCUT2D eigenvalue weighted by Gasteiger charge is -2.26. The topological polar surface area (TPSA) is 119 Å². The van der Waals surface area contributed by atoms with Gasteiger partial charge in [-0.25, -0.2) is 4.89 Å². The van der Waals surface area contributed by atoms with Crippen LogP contribution in [0, 0.1) is 0 Å². The van der Waals surface area contributed by atoms with E-state index in [0.29, 0.717) is 31.5 Å². The zero-order valence-corrected chi connectivity index (χ0v) is 26.4. The van der Waals surface area contributed by atoms with E-state index in [9.17, 15) is 22.8 Å². The van der Waals surface area contributed by atoms with Crippen molar-refractivity contribution in [3.8, 4) is 0 Å². The Morgan fingerprint density at radius 3 is 2.27 bits per heavy atom. The zero-order valence-electron chi connectivity index (χ0n) is 25.5. The van der Waals surface area contributed by atoms with Gasteiger partial charge in [-0.1, -0.05) is 63.1 Å². The fourth-order valence-electron chi connectivity index (χ4n) is 4.68. The molecule has 1 aromatic heterocycles. The fourth-order valence-corrected chi connectivity index (χ4v) is 5.27. The van der Waals surface area contributed by atoms with Gasteiger partial charge in [-0.3, -0.25) is 18.9 Å². The Bertz CT molecular complexity index is 1350. The SMILES string of the molecule is CCCC[C@H](N)[C@H](Cc1ccccc1)NC(=O)c1cc(C(=O)NC(c2cccnc2)C(F)(F)F)cc(N(CCC)SOOC)c1. The molecule has 4 N–H and O–H groups in total. The Morgan fingerprint density at radius 1 is 1.00 bits per heavy atom. The number of carbonyl (C=O) groups is 2. The van der Waals surface area contributed by atoms with Crippen LogP contribution >= 0.6 is 12.2 Å². The highest BCUT2D eigenvalue weighted by Gasteiger charge is 2.42. The van der Waals surface area contributed by atoms with Crippen molar-refractivity contribution >= 4 is 29.7 Å². The number of hydrogen-bond acceptors (Lipinski definition) is 8. The van der Waals surface area contributed by atoms with Gasteiger partial charge in [0, 0.05) is 47.7 Å². The van der Waals surface area contributed by atoms with Crippen LogP contribution in [0.1, 0.15) is 77.4 Å². The van der Waals surface area contributed by atoms with E-state index in [-0.39, 0.29) is 22.7 Å². The van der Waals surface area contributed by atoms with E-state index < -0.39 is 30.1 Å². The minimum Gasteiger partial charge on any atom is -0.347 e. The molecule has 3 aromatic rings. The first-order chi connectivity index (χ1) is 21.6. The largest absolute Gasteiger partial charge is 0.412 e. The van der Waals surface area contributed by atoms with Crippen LogP contribution in [0.3, 0.4) is 0 Å². The monoisotopic (exact) mass is 647 g/mol. The van der Waals surface area contributed by atoms with Crippen molar-refractivity contribution in [1.29, 1.82) is 0 Å². The number of anilines is 1. The molecule has 0 radical (unpaired) electrons. The number of carbonyl (C=O) groups excluding carboxylic acids is 2. The van der Waals surface area contributed by atoms with Gasteiger partial charge in [-0.15, -0.1) is 4.33 Å². The van der Waals surface area contributed by atoms with E-state index in [2.05, 4.69) is 22.5 Å². The van der Waals surface area contributed by atoms with E-state index >= 15 is 0 Å². The number of nitrogens with one attached hydrogen (secondary N) is 2. The molecule has 45 heavy (non-hydrogen) atoms. The van der Waals surface area contributed by atoms with Crippen molar-refractivity contribution in [3.63, 3.8) is 0 Å². The molecular weight excluding hydrogens is 607 g/mol. The maximum atomic E-state index is 14.1. The van der Waals surface area contributed by atoms with Gasteiger partial charge < -0.3 is 16.4 Å². The Labute approximate surface area is 266 Å². The standard InChI is InChI=1S/C32H40F3N5O4S/c1-4-6-14-27(36)28(17-22-11-8-7-9-12-22)38-30(41)24-18-25(20-26(19-24)40(16-5-2)45-44-43-3)31(42)39-29(32(33,34)35)23-13-10-15-37-21-23/h7-13,15,18-21,27-29H,4-6,14,16-17,36H2,1-3H3,(H,38,41)(H,39,42)/t27-,28-,29?/m0/s1. The highest BCUT2D eigenvalue weighted by atomic mass is 32.2. The first-order valence-corrected chi connectivity index (χ1v) is 15.4. The van der Waals surface area contributed by atoms with Gasteiger partial charge in [0.2, 0.25) is 0 Å². The lowest BCUT2D eigenvalue weighted by Crippen LogP contribution is -2.49. The number of unbranched alkanes of at least 4 members (excludes halogenated alkanes) is 1. The fraction of sp³-hybridized carbons (Fsp3) is 0.406. The van der Waals surface area contributed by atoms with Crippen LogP contribution in [0.25, 0.3) is 0 Å².